The van der Waals surface area contributed by atoms with Gasteiger partial charge in [0.05, 0.1) is 12.2 Å². The second-order valence-electron chi connectivity index (χ2n) is 38.2. The molecule has 87 heavy (non-hydrogen) atoms. The van der Waals surface area contributed by atoms with Crippen LogP contribution in [0.3, 0.4) is 0 Å². The van der Waals surface area contributed by atoms with Crippen LogP contribution in [0.25, 0.3) is 0 Å². The molecule has 24 atom stereocenters. The maximum atomic E-state index is 8.71. The summed E-state index contributed by atoms with van der Waals surface area (Å²) >= 11 is 0. The van der Waals surface area contributed by atoms with Crippen LogP contribution in [0.2, 0.25) is 34.9 Å². The first-order valence-electron chi connectivity index (χ1n) is 41.6. The Morgan fingerprint density at radius 3 is 1.40 bits per heavy atom. The molecule has 7 heteroatoms. The van der Waals surface area contributed by atoms with Crippen LogP contribution in [0, 0.1) is 58.7 Å². The van der Waals surface area contributed by atoms with Gasteiger partial charge in [-0.3, -0.25) is 19.6 Å². The molecule has 0 radical (unpaired) electrons. The first kappa shape index (κ1) is 59.4. The summed E-state index contributed by atoms with van der Waals surface area (Å²) in [4.78, 5) is 14.1. The van der Waals surface area contributed by atoms with Gasteiger partial charge in [-0.2, -0.15) is 0 Å². The van der Waals surface area contributed by atoms with Crippen molar-refractivity contribution in [2.24, 2.45) is 58.7 Å². The maximum absolute atomic E-state index is 8.71. The summed E-state index contributed by atoms with van der Waals surface area (Å²) in [5.41, 5.74) is 0.377. The molecule has 14 aliphatic carbocycles. The zero-order valence-electron chi connectivity index (χ0n) is 56.8. The van der Waals surface area contributed by atoms with Gasteiger partial charge in [-0.1, -0.05) is 168 Å². The van der Waals surface area contributed by atoms with E-state index >= 15 is 0 Å². The highest BCUT2D eigenvalue weighted by Gasteiger charge is 2.71. The molecule has 4 aliphatic heterocycles. The van der Waals surface area contributed by atoms with Crippen molar-refractivity contribution in [3.8, 4) is 0 Å². The second kappa shape index (κ2) is 24.5. The van der Waals surface area contributed by atoms with Crippen LogP contribution < -0.4 is 0 Å². The van der Waals surface area contributed by atoms with Gasteiger partial charge >= 0.3 is 0 Å². The summed E-state index contributed by atoms with van der Waals surface area (Å²) in [6, 6.07) is 9.80. The lowest BCUT2D eigenvalue weighted by molar-refractivity contribution is -0.142. The molecule has 4 heterocycles. The minimum atomic E-state index is 0.377. The van der Waals surface area contributed by atoms with Crippen LogP contribution in [0.5, 0.6) is 0 Å². The Hall–Kier alpha value is -0.0701. The third-order valence-corrected chi connectivity index (χ3v) is 34.2. The lowest BCUT2D eigenvalue weighted by atomic mass is 9.14. The molecule has 14 saturated carbocycles. The van der Waals surface area contributed by atoms with Gasteiger partial charge in [0.15, 0.2) is 13.4 Å². The first-order valence-corrected chi connectivity index (χ1v) is 41.6. The van der Waals surface area contributed by atoms with E-state index in [-0.39, 0.29) is 0 Å². The molecule has 0 bridgehead atoms. The Morgan fingerprint density at radius 1 is 0.310 bits per heavy atom. The lowest BCUT2D eigenvalue weighted by Crippen LogP contribution is -2.76. The summed E-state index contributed by atoms with van der Waals surface area (Å²) in [5, 5.41) is 0. The third kappa shape index (κ3) is 10.3. The molecule has 5 nitrogen and oxygen atoms in total. The van der Waals surface area contributed by atoms with Gasteiger partial charge in [0.2, 0.25) is 0 Å². The van der Waals surface area contributed by atoms with E-state index in [0.717, 1.165) is 174 Å². The predicted molar refractivity (Wildman–Crippen MR) is 363 cm³/mol. The van der Waals surface area contributed by atoms with E-state index in [2.05, 4.69) is 40.4 Å². The molecule has 0 aromatic heterocycles. The van der Waals surface area contributed by atoms with Crippen LogP contribution in [-0.2, 0) is 4.74 Å². The Morgan fingerprint density at radius 2 is 0.793 bits per heavy atom. The quantitative estimate of drug-likeness (QED) is 0.236. The number of rotatable bonds is 7. The molecule has 0 amide bonds. The maximum Gasteiger partial charge on any atom is 0.159 e. The zero-order chi connectivity index (χ0) is 57.6. The average Bonchev–Trinajstić information content (AvgIpc) is 0.768. The smallest absolute Gasteiger partial charge is 0.159 e. The highest BCUT2D eigenvalue weighted by molar-refractivity contribution is 6.67. The highest BCUT2D eigenvalue weighted by atomic mass is 16.5. The van der Waals surface area contributed by atoms with E-state index in [9.17, 15) is 0 Å². The van der Waals surface area contributed by atoms with E-state index < -0.39 is 0 Å². The van der Waals surface area contributed by atoms with Crippen molar-refractivity contribution < 1.29 is 4.74 Å². The van der Waals surface area contributed by atoms with Crippen molar-refractivity contribution in [1.82, 2.24) is 19.6 Å². The van der Waals surface area contributed by atoms with Crippen molar-refractivity contribution in [2.45, 2.75) is 442 Å². The zero-order valence-corrected chi connectivity index (χ0v) is 56.8. The van der Waals surface area contributed by atoms with Crippen molar-refractivity contribution in [1.29, 1.82) is 0 Å². The van der Waals surface area contributed by atoms with Crippen LogP contribution >= 0.6 is 0 Å². The van der Waals surface area contributed by atoms with Crippen LogP contribution in [0.15, 0.2) is 0 Å². The SMILES string of the molecule is CC(C)(C)[C@H]1CC2C3B(C4C[C@@H]5B6C7CC(C8CCC9CC[C@@H]%10CCC[C@@H]%11CCC8[C@H]9C%11%10)CCC7N(C7CCCCC7)C7CC(N(C8CCCCC8)C8CCCCC8)CC(OC5CC4N2C2CCCCC2)C67)C2CCCC[C@H]2N(C2CCCCC2)[C@H]3C1. The normalized spacial score (nSPS) is 49.8. The second-order valence-corrected chi connectivity index (χ2v) is 38.2. The summed E-state index contributed by atoms with van der Waals surface area (Å²) in [5.74, 6) is 14.8. The standard InChI is InChI=1S/C80H132B2N4O/c1-80(2,3)55-45-71-78-72(46-55)86(60-32-17-8-18-33-60)70-50-74-67(49-66(70)81(78)64-34-19-20-35-68(64)84(71)58-28-13-6-14-29-58)82-65-44-54(62-41-38-53-37-36-51-22-21-23-52-39-42-63(62)77(53)76(51)52)40-43-69(65)85(59-30-15-7-16-31-59)73-47-61(48-75(87-74)79(73)82)83(56-24-9-4-10-25-56)57-26-11-5-12-27-57/h51-79H,4-50H2,1-3H3/t51-,52+,53?,54?,55+,61?,62?,63?,64?,65?,66?,67-,68+,69?,70?,71-,72?,73?,74?,75?,76?,77-,78?,79?/m0/s1. The van der Waals surface area contributed by atoms with Crippen LogP contribution in [0.1, 0.15) is 323 Å². The van der Waals surface area contributed by atoms with Gasteiger partial charge in [0.25, 0.3) is 0 Å². The number of nitrogens with zero attached hydrogens (tertiary/aromatic N) is 4. The molecule has 17 unspecified atom stereocenters. The first-order chi connectivity index (χ1) is 42.8. The van der Waals surface area contributed by atoms with E-state index in [1.807, 2.05) is 0 Å². The molecule has 18 aliphatic rings. The van der Waals surface area contributed by atoms with E-state index in [1.165, 1.54) is 212 Å². The predicted octanol–water partition coefficient (Wildman–Crippen LogP) is 19.8. The molecule has 4 saturated heterocycles. The molecular formula is C80H132B2N4O. The molecule has 0 N–H and O–H groups in total. The number of hydrogen-bond acceptors (Lipinski definition) is 5. The van der Waals surface area contributed by atoms with E-state index in [0.29, 0.717) is 17.6 Å². The third-order valence-electron chi connectivity index (χ3n) is 34.2. The van der Waals surface area contributed by atoms with Crippen molar-refractivity contribution in [3.63, 3.8) is 0 Å². The van der Waals surface area contributed by atoms with Crippen molar-refractivity contribution in [3.05, 3.63) is 0 Å². The number of fused-ring (bicyclic) bond motifs is 8. The minimum absolute atomic E-state index is 0.377. The summed E-state index contributed by atoms with van der Waals surface area (Å²) in [7, 11) is 0. The van der Waals surface area contributed by atoms with Crippen molar-refractivity contribution in [2.75, 3.05) is 0 Å². The molecule has 0 spiro atoms. The van der Waals surface area contributed by atoms with Gasteiger partial charge in [-0.15, -0.1) is 0 Å². The molecule has 18 fully saturated rings. The Labute approximate surface area is 535 Å². The van der Waals surface area contributed by atoms with Crippen LogP contribution in [0.4, 0.5) is 0 Å². The lowest BCUT2D eigenvalue weighted by Gasteiger charge is -2.72. The average molecular weight is 1190 g/mol. The monoisotopic (exact) mass is 1190 g/mol. The van der Waals surface area contributed by atoms with Crippen LogP contribution in [-0.4, -0.2) is 118 Å². The fourth-order valence-corrected chi connectivity index (χ4v) is 31.5. The molecule has 484 valence electrons. The van der Waals surface area contributed by atoms with Gasteiger partial charge in [0.1, 0.15) is 0 Å². The highest BCUT2D eigenvalue weighted by Crippen LogP contribution is 2.71. The molecule has 0 aromatic rings. The summed E-state index contributed by atoms with van der Waals surface area (Å²) < 4.78 is 8.71. The van der Waals surface area contributed by atoms with Gasteiger partial charge in [-0.05, 0) is 248 Å². The Balaban J connectivity index is 0.755. The Bertz CT molecular complexity index is 2310. The van der Waals surface area contributed by atoms with Gasteiger partial charge < -0.3 is 4.74 Å². The van der Waals surface area contributed by atoms with Gasteiger partial charge in [0, 0.05) is 72.5 Å². The number of ether oxygens (including phenoxy) is 1. The van der Waals surface area contributed by atoms with Gasteiger partial charge in [-0.25, -0.2) is 0 Å². The minimum Gasteiger partial charge on any atom is -0.376 e. The molecular weight excluding hydrogens is 1050 g/mol. The largest absolute Gasteiger partial charge is 0.376 e. The summed E-state index contributed by atoms with van der Waals surface area (Å²) in [6.07, 6.45) is 72.8. The van der Waals surface area contributed by atoms with E-state index in [4.69, 9.17) is 4.74 Å². The number of hydrogen-bond donors (Lipinski definition) is 0. The molecule has 0 aromatic carbocycles. The molecule has 18 rings (SSSR count). The van der Waals surface area contributed by atoms with Crippen molar-refractivity contribution >= 4 is 13.4 Å². The van der Waals surface area contributed by atoms with E-state index in [1.54, 1.807) is 89.9 Å². The Kier molecular flexibility index (Phi) is 16.8. The topological polar surface area (TPSA) is 22.2 Å². The summed E-state index contributed by atoms with van der Waals surface area (Å²) in [6.45, 7) is 9.98. The fourth-order valence-electron chi connectivity index (χ4n) is 31.5. The fraction of sp³-hybridized carbons (Fsp3) is 1.00.